The molecule has 0 atom stereocenters. The van der Waals surface area contributed by atoms with E-state index in [1.165, 1.54) is 23.9 Å². The van der Waals surface area contributed by atoms with Crippen LogP contribution in [0.15, 0.2) is 58.2 Å². The number of benzene rings is 2. The van der Waals surface area contributed by atoms with Crippen molar-refractivity contribution in [1.29, 1.82) is 0 Å². The van der Waals surface area contributed by atoms with Gasteiger partial charge in [0.25, 0.3) is 5.22 Å². The topological polar surface area (TPSA) is 68.5 Å². The SMILES string of the molecule is COc1ccc(Cc2nnc(SCC(=O)N(C)Cc3ccc(F)cc3)o2)cc1. The standard InChI is InChI=1S/C20H20FN3O3S/c1-24(12-15-3-7-16(21)8-4-15)19(25)13-28-20-23-22-18(27-20)11-14-5-9-17(26-2)10-6-14/h3-10H,11-13H2,1-2H3. The number of amides is 1. The number of methoxy groups -OCH3 is 1. The Balaban J connectivity index is 1.48. The Morgan fingerprint density at radius 3 is 2.46 bits per heavy atom. The van der Waals surface area contributed by atoms with Gasteiger partial charge in [0, 0.05) is 13.6 Å². The zero-order valence-electron chi connectivity index (χ0n) is 15.6. The molecule has 28 heavy (non-hydrogen) atoms. The lowest BCUT2D eigenvalue weighted by molar-refractivity contribution is -0.127. The van der Waals surface area contributed by atoms with E-state index in [1.807, 2.05) is 24.3 Å². The van der Waals surface area contributed by atoms with Crippen LogP contribution < -0.4 is 4.74 Å². The third kappa shape index (κ3) is 5.56. The van der Waals surface area contributed by atoms with Crippen LogP contribution in [0.4, 0.5) is 4.39 Å². The van der Waals surface area contributed by atoms with E-state index in [2.05, 4.69) is 10.2 Å². The van der Waals surface area contributed by atoms with E-state index in [-0.39, 0.29) is 17.5 Å². The number of hydrogen-bond acceptors (Lipinski definition) is 6. The van der Waals surface area contributed by atoms with Gasteiger partial charge in [0.15, 0.2) is 0 Å². The first-order chi connectivity index (χ1) is 13.5. The van der Waals surface area contributed by atoms with Crippen molar-refractivity contribution in [2.75, 3.05) is 19.9 Å². The molecule has 0 N–H and O–H groups in total. The highest BCUT2D eigenvalue weighted by Crippen LogP contribution is 2.19. The smallest absolute Gasteiger partial charge is 0.277 e. The van der Waals surface area contributed by atoms with Gasteiger partial charge in [-0.2, -0.15) is 0 Å². The largest absolute Gasteiger partial charge is 0.497 e. The molecule has 0 aliphatic heterocycles. The number of thioether (sulfide) groups is 1. The predicted molar refractivity (Wildman–Crippen MR) is 104 cm³/mol. The molecule has 8 heteroatoms. The maximum absolute atomic E-state index is 13.0. The third-order valence-corrected chi connectivity index (χ3v) is 4.84. The Kier molecular flexibility index (Phi) is 6.65. The van der Waals surface area contributed by atoms with E-state index in [0.29, 0.717) is 24.1 Å². The Morgan fingerprint density at radius 2 is 1.79 bits per heavy atom. The summed E-state index contributed by atoms with van der Waals surface area (Å²) < 4.78 is 23.7. The molecule has 0 spiro atoms. The molecular weight excluding hydrogens is 381 g/mol. The number of halogens is 1. The highest BCUT2D eigenvalue weighted by molar-refractivity contribution is 7.99. The minimum absolute atomic E-state index is 0.0794. The van der Waals surface area contributed by atoms with Crippen LogP contribution in [0, 0.1) is 5.82 Å². The minimum atomic E-state index is -0.296. The number of aromatic nitrogens is 2. The maximum atomic E-state index is 13.0. The first-order valence-corrected chi connectivity index (χ1v) is 9.58. The van der Waals surface area contributed by atoms with E-state index in [0.717, 1.165) is 16.9 Å². The van der Waals surface area contributed by atoms with Gasteiger partial charge in [0.2, 0.25) is 11.8 Å². The molecule has 3 aromatic rings. The highest BCUT2D eigenvalue weighted by Gasteiger charge is 2.14. The van der Waals surface area contributed by atoms with Crippen molar-refractivity contribution in [3.05, 3.63) is 71.4 Å². The lowest BCUT2D eigenvalue weighted by Gasteiger charge is -2.16. The monoisotopic (exact) mass is 401 g/mol. The van der Waals surface area contributed by atoms with Crippen LogP contribution >= 0.6 is 11.8 Å². The molecular formula is C20H20FN3O3S. The Morgan fingerprint density at radius 1 is 1.11 bits per heavy atom. The van der Waals surface area contributed by atoms with Crippen LogP contribution in [0.5, 0.6) is 5.75 Å². The van der Waals surface area contributed by atoms with Gasteiger partial charge in [-0.05, 0) is 35.4 Å². The summed E-state index contributed by atoms with van der Waals surface area (Å²) in [7, 11) is 3.32. The molecule has 0 unspecified atom stereocenters. The van der Waals surface area contributed by atoms with Crippen molar-refractivity contribution in [2.45, 2.75) is 18.2 Å². The zero-order valence-corrected chi connectivity index (χ0v) is 16.4. The molecule has 0 aliphatic rings. The summed E-state index contributed by atoms with van der Waals surface area (Å²) in [6, 6.07) is 13.7. The van der Waals surface area contributed by atoms with Crippen LogP contribution in [-0.2, 0) is 17.8 Å². The third-order valence-electron chi connectivity index (χ3n) is 4.04. The fraction of sp³-hybridized carbons (Fsp3) is 0.250. The normalized spacial score (nSPS) is 10.7. The zero-order chi connectivity index (χ0) is 19.9. The average Bonchev–Trinajstić information content (AvgIpc) is 3.15. The predicted octanol–water partition coefficient (Wildman–Crippen LogP) is 3.56. The molecule has 146 valence electrons. The number of carbonyl (C=O) groups excluding carboxylic acids is 1. The molecule has 2 aromatic carbocycles. The molecule has 1 amide bonds. The average molecular weight is 401 g/mol. The summed E-state index contributed by atoms with van der Waals surface area (Å²) in [5.74, 6) is 1.08. The van der Waals surface area contributed by atoms with Crippen molar-refractivity contribution in [3.63, 3.8) is 0 Å². The van der Waals surface area contributed by atoms with E-state index in [1.54, 1.807) is 31.2 Å². The molecule has 0 bridgehead atoms. The second-order valence-electron chi connectivity index (χ2n) is 6.15. The van der Waals surface area contributed by atoms with E-state index < -0.39 is 0 Å². The summed E-state index contributed by atoms with van der Waals surface area (Å²) in [6.07, 6.45) is 0.510. The van der Waals surface area contributed by atoms with Crippen molar-refractivity contribution in [3.8, 4) is 5.75 Å². The number of rotatable bonds is 8. The molecule has 0 radical (unpaired) electrons. The number of hydrogen-bond donors (Lipinski definition) is 0. The van der Waals surface area contributed by atoms with Gasteiger partial charge in [-0.15, -0.1) is 10.2 Å². The quantitative estimate of drug-likeness (QED) is 0.538. The first-order valence-electron chi connectivity index (χ1n) is 8.60. The van der Waals surface area contributed by atoms with Crippen LogP contribution in [0.25, 0.3) is 0 Å². The number of carbonyl (C=O) groups is 1. The summed E-state index contributed by atoms with van der Waals surface area (Å²) in [5.41, 5.74) is 1.89. The van der Waals surface area contributed by atoms with Crippen molar-refractivity contribution < 1.29 is 18.3 Å². The van der Waals surface area contributed by atoms with Gasteiger partial charge in [-0.3, -0.25) is 4.79 Å². The molecule has 0 fully saturated rings. The van der Waals surface area contributed by atoms with Gasteiger partial charge in [0.05, 0.1) is 19.3 Å². The summed E-state index contributed by atoms with van der Waals surface area (Å²) >= 11 is 1.20. The Hall–Kier alpha value is -2.87. The van der Waals surface area contributed by atoms with E-state index in [9.17, 15) is 9.18 Å². The molecule has 0 saturated carbocycles. The van der Waals surface area contributed by atoms with Crippen molar-refractivity contribution in [1.82, 2.24) is 15.1 Å². The van der Waals surface area contributed by atoms with Crippen LogP contribution in [0.2, 0.25) is 0 Å². The molecule has 0 aliphatic carbocycles. The summed E-state index contributed by atoms with van der Waals surface area (Å²) in [5, 5.41) is 8.36. The fourth-order valence-corrected chi connectivity index (χ4v) is 3.19. The molecule has 6 nitrogen and oxygen atoms in total. The lowest BCUT2D eigenvalue weighted by Crippen LogP contribution is -2.27. The lowest BCUT2D eigenvalue weighted by atomic mass is 10.1. The van der Waals surface area contributed by atoms with Gasteiger partial charge >= 0.3 is 0 Å². The Labute approximate surface area is 166 Å². The number of ether oxygens (including phenoxy) is 1. The van der Waals surface area contributed by atoms with Crippen molar-refractivity contribution in [2.24, 2.45) is 0 Å². The second-order valence-corrected chi connectivity index (χ2v) is 7.08. The van der Waals surface area contributed by atoms with Gasteiger partial charge < -0.3 is 14.1 Å². The first kappa shape index (κ1) is 19.9. The van der Waals surface area contributed by atoms with Crippen LogP contribution in [0.3, 0.4) is 0 Å². The van der Waals surface area contributed by atoms with Gasteiger partial charge in [0.1, 0.15) is 11.6 Å². The number of nitrogens with zero attached hydrogens (tertiary/aromatic N) is 3. The Bertz CT molecular complexity index is 913. The molecule has 1 aromatic heterocycles. The molecule has 1 heterocycles. The molecule has 3 rings (SSSR count). The van der Waals surface area contributed by atoms with E-state index >= 15 is 0 Å². The summed E-state index contributed by atoms with van der Waals surface area (Å²) in [6.45, 7) is 0.409. The fourth-order valence-electron chi connectivity index (χ4n) is 2.47. The van der Waals surface area contributed by atoms with Gasteiger partial charge in [-0.1, -0.05) is 36.0 Å². The van der Waals surface area contributed by atoms with Crippen molar-refractivity contribution >= 4 is 17.7 Å². The van der Waals surface area contributed by atoms with Gasteiger partial charge in [-0.25, -0.2) is 4.39 Å². The van der Waals surface area contributed by atoms with Crippen LogP contribution in [-0.4, -0.2) is 40.9 Å². The van der Waals surface area contributed by atoms with Crippen LogP contribution in [0.1, 0.15) is 17.0 Å². The van der Waals surface area contributed by atoms with E-state index in [4.69, 9.17) is 9.15 Å². The highest BCUT2D eigenvalue weighted by atomic mass is 32.2. The minimum Gasteiger partial charge on any atom is -0.497 e. The molecule has 0 saturated heterocycles. The summed E-state index contributed by atoms with van der Waals surface area (Å²) in [4.78, 5) is 13.9. The second kappa shape index (κ2) is 9.36. The maximum Gasteiger partial charge on any atom is 0.277 e.